The van der Waals surface area contributed by atoms with Crippen LogP contribution in [0.1, 0.15) is 83.6 Å². The number of hydrogen-bond acceptors (Lipinski definition) is 5. The Bertz CT molecular complexity index is 1120. The third-order valence-corrected chi connectivity index (χ3v) is 8.95. The van der Waals surface area contributed by atoms with Gasteiger partial charge in [0.15, 0.2) is 0 Å². The normalized spacial score (nSPS) is 28.1. The molecule has 3 heterocycles. The number of pyridine rings is 1. The van der Waals surface area contributed by atoms with Gasteiger partial charge in [-0.2, -0.15) is 0 Å². The third kappa shape index (κ3) is 5.00. The van der Waals surface area contributed by atoms with Gasteiger partial charge < -0.3 is 9.47 Å². The van der Waals surface area contributed by atoms with Crippen LogP contribution in [0.15, 0.2) is 65.4 Å². The molecule has 0 aromatic carbocycles. The minimum absolute atomic E-state index is 0.0803. The Kier molecular flexibility index (Phi) is 7.83. The Morgan fingerprint density at radius 1 is 1.27 bits per heavy atom. The molecule has 1 fully saturated rings. The van der Waals surface area contributed by atoms with Crippen LogP contribution in [-0.4, -0.2) is 41.6 Å². The minimum atomic E-state index is -0.413. The van der Waals surface area contributed by atoms with Crippen molar-refractivity contribution in [1.29, 1.82) is 0 Å². The zero-order valence-corrected chi connectivity index (χ0v) is 22.9. The number of ether oxygens (including phenoxy) is 2. The van der Waals surface area contributed by atoms with Crippen molar-refractivity contribution in [3.63, 3.8) is 0 Å². The van der Waals surface area contributed by atoms with Crippen LogP contribution in [0.2, 0.25) is 0 Å². The smallest absolute Gasteiger partial charge is 0.327 e. The van der Waals surface area contributed by atoms with Crippen LogP contribution >= 0.6 is 0 Å². The second kappa shape index (κ2) is 11.1. The van der Waals surface area contributed by atoms with Crippen LogP contribution in [0.4, 0.5) is 0 Å². The summed E-state index contributed by atoms with van der Waals surface area (Å²) in [5.41, 5.74) is 5.77. The molecule has 2 aliphatic carbocycles. The van der Waals surface area contributed by atoms with E-state index in [2.05, 4.69) is 62.1 Å². The van der Waals surface area contributed by atoms with Gasteiger partial charge in [0.05, 0.1) is 12.3 Å². The molecule has 2 aliphatic heterocycles. The van der Waals surface area contributed by atoms with E-state index in [9.17, 15) is 4.79 Å². The number of esters is 1. The van der Waals surface area contributed by atoms with Crippen molar-refractivity contribution in [3.05, 3.63) is 76.7 Å². The topological polar surface area (TPSA) is 51.7 Å². The summed E-state index contributed by atoms with van der Waals surface area (Å²) in [5.74, 6) is 0.979. The second-order valence-electron chi connectivity index (χ2n) is 11.1. The fraction of sp³-hybridized carbons (Fsp3) is 0.562. The molecule has 4 aliphatic rings. The molecule has 198 valence electrons. The SMILES string of the molecule is CCOC(=O)C(C1=CCC=CCC1)N1CCC2(CC1)OC(C1=CC(CC)C(C)C(C)=C1)c1cccnc12. The summed E-state index contributed by atoms with van der Waals surface area (Å²) < 4.78 is 12.6. The number of aromatic nitrogens is 1. The van der Waals surface area contributed by atoms with Gasteiger partial charge >= 0.3 is 5.97 Å². The lowest BCUT2D eigenvalue weighted by Crippen LogP contribution is -2.51. The molecule has 0 amide bonds. The van der Waals surface area contributed by atoms with Gasteiger partial charge in [0.1, 0.15) is 17.7 Å². The first kappa shape index (κ1) is 26.1. The summed E-state index contributed by atoms with van der Waals surface area (Å²) in [6, 6.07) is 3.92. The number of likely N-dealkylation sites (tertiary alicyclic amines) is 1. The quantitative estimate of drug-likeness (QED) is 0.324. The Morgan fingerprint density at radius 2 is 2.08 bits per heavy atom. The fourth-order valence-electron chi connectivity index (χ4n) is 6.70. The monoisotopic (exact) mass is 502 g/mol. The number of carbonyl (C=O) groups is 1. The molecule has 0 bridgehead atoms. The van der Waals surface area contributed by atoms with Crippen molar-refractivity contribution in [2.45, 2.75) is 84.0 Å². The van der Waals surface area contributed by atoms with Crippen molar-refractivity contribution in [2.75, 3.05) is 19.7 Å². The van der Waals surface area contributed by atoms with Gasteiger partial charge in [0, 0.05) is 24.8 Å². The van der Waals surface area contributed by atoms with Crippen LogP contribution in [-0.2, 0) is 19.9 Å². The minimum Gasteiger partial charge on any atom is -0.465 e. The predicted octanol–water partition coefficient (Wildman–Crippen LogP) is 6.59. The second-order valence-corrected chi connectivity index (χ2v) is 11.1. The molecule has 5 heteroatoms. The van der Waals surface area contributed by atoms with E-state index in [0.29, 0.717) is 18.4 Å². The third-order valence-electron chi connectivity index (χ3n) is 8.95. The molecule has 4 atom stereocenters. The number of carbonyl (C=O) groups excluding carboxylic acids is 1. The molecule has 0 N–H and O–H groups in total. The number of allylic oxidation sites excluding steroid dienone is 5. The maximum absolute atomic E-state index is 13.2. The molecule has 1 saturated heterocycles. The van der Waals surface area contributed by atoms with Crippen molar-refractivity contribution in [3.8, 4) is 0 Å². The summed E-state index contributed by atoms with van der Waals surface area (Å²) >= 11 is 0. The first-order chi connectivity index (χ1) is 18.0. The maximum Gasteiger partial charge on any atom is 0.327 e. The molecule has 4 unspecified atom stereocenters. The molecule has 1 spiro atoms. The highest BCUT2D eigenvalue weighted by molar-refractivity contribution is 5.79. The van der Waals surface area contributed by atoms with Gasteiger partial charge in [-0.1, -0.05) is 55.9 Å². The molecule has 5 nitrogen and oxygen atoms in total. The van der Waals surface area contributed by atoms with Gasteiger partial charge in [-0.25, -0.2) is 4.79 Å². The van der Waals surface area contributed by atoms with Crippen molar-refractivity contribution in [1.82, 2.24) is 9.88 Å². The summed E-state index contributed by atoms with van der Waals surface area (Å²) in [7, 11) is 0. The number of piperidine rings is 1. The molecule has 5 rings (SSSR count). The summed E-state index contributed by atoms with van der Waals surface area (Å²) in [6.45, 7) is 10.7. The molecule has 1 aromatic heterocycles. The van der Waals surface area contributed by atoms with Gasteiger partial charge in [-0.15, -0.1) is 0 Å². The van der Waals surface area contributed by atoms with Gasteiger partial charge in [0.2, 0.25) is 0 Å². The van der Waals surface area contributed by atoms with Crippen LogP contribution in [0, 0.1) is 11.8 Å². The van der Waals surface area contributed by atoms with Crippen molar-refractivity contribution in [2.24, 2.45) is 11.8 Å². The predicted molar refractivity (Wildman–Crippen MR) is 147 cm³/mol. The van der Waals surface area contributed by atoms with Gasteiger partial charge in [-0.05, 0) is 81.4 Å². The van der Waals surface area contributed by atoms with Gasteiger partial charge in [0.25, 0.3) is 0 Å². The Balaban J connectivity index is 1.40. The van der Waals surface area contributed by atoms with E-state index < -0.39 is 5.60 Å². The lowest BCUT2D eigenvalue weighted by molar-refractivity contribution is -0.151. The molecule has 37 heavy (non-hydrogen) atoms. The van der Waals surface area contributed by atoms with Crippen molar-refractivity contribution < 1.29 is 14.3 Å². The number of hydrogen-bond donors (Lipinski definition) is 0. The Hall–Kier alpha value is -2.50. The Labute approximate surface area is 222 Å². The molecule has 0 saturated carbocycles. The lowest BCUT2D eigenvalue weighted by atomic mass is 9.78. The van der Waals surface area contributed by atoms with E-state index in [0.717, 1.165) is 57.3 Å². The van der Waals surface area contributed by atoms with E-state index in [1.165, 1.54) is 22.3 Å². The number of rotatable bonds is 6. The first-order valence-corrected chi connectivity index (χ1v) is 14.2. The zero-order valence-electron chi connectivity index (χ0n) is 22.9. The highest BCUT2D eigenvalue weighted by atomic mass is 16.5. The zero-order chi connectivity index (χ0) is 26.0. The Morgan fingerprint density at radius 3 is 2.84 bits per heavy atom. The van der Waals surface area contributed by atoms with Crippen LogP contribution in [0.5, 0.6) is 0 Å². The molecule has 0 radical (unpaired) electrons. The van der Waals surface area contributed by atoms with E-state index in [4.69, 9.17) is 14.5 Å². The largest absolute Gasteiger partial charge is 0.465 e. The fourth-order valence-corrected chi connectivity index (χ4v) is 6.70. The molecular formula is C32H42N2O3. The number of fused-ring (bicyclic) bond motifs is 2. The van der Waals surface area contributed by atoms with E-state index in [1.807, 2.05) is 19.2 Å². The highest BCUT2D eigenvalue weighted by Crippen LogP contribution is 2.52. The summed E-state index contributed by atoms with van der Waals surface area (Å²) in [6.07, 6.45) is 18.8. The van der Waals surface area contributed by atoms with E-state index in [-0.39, 0.29) is 18.1 Å². The summed E-state index contributed by atoms with van der Waals surface area (Å²) in [4.78, 5) is 20.4. The van der Waals surface area contributed by atoms with Crippen LogP contribution in [0.3, 0.4) is 0 Å². The molecule has 1 aromatic rings. The number of nitrogens with zero attached hydrogens (tertiary/aromatic N) is 2. The summed E-state index contributed by atoms with van der Waals surface area (Å²) in [5, 5.41) is 0. The maximum atomic E-state index is 13.2. The molecular weight excluding hydrogens is 460 g/mol. The average molecular weight is 503 g/mol. The highest BCUT2D eigenvalue weighted by Gasteiger charge is 2.50. The van der Waals surface area contributed by atoms with Crippen LogP contribution < -0.4 is 0 Å². The van der Waals surface area contributed by atoms with Gasteiger partial charge in [-0.3, -0.25) is 9.88 Å². The standard InChI is InChI=1S/C32H42N2O3/c1-5-24-21-26(20-22(3)23(24)4)29-27-14-11-17-33-30(27)32(37-29)15-18-34(19-16-32)28(31(35)36-6-2)25-12-9-7-8-10-13-25/h7-8,11-12,14,17,20-21,23-24,28-29H,5-6,9-10,13,15-16,18-19H2,1-4H3. The van der Waals surface area contributed by atoms with Crippen LogP contribution in [0.25, 0.3) is 0 Å². The average Bonchev–Trinajstić information content (AvgIpc) is 3.04. The van der Waals surface area contributed by atoms with Crippen molar-refractivity contribution >= 4 is 5.97 Å². The lowest BCUT2D eigenvalue weighted by Gasteiger charge is -2.42. The van der Waals surface area contributed by atoms with E-state index in [1.54, 1.807) is 0 Å². The van der Waals surface area contributed by atoms with E-state index >= 15 is 0 Å². The first-order valence-electron chi connectivity index (χ1n) is 14.2.